The molecule has 0 aliphatic heterocycles. The molecule has 23 heavy (non-hydrogen) atoms. The van der Waals surface area contributed by atoms with Crippen molar-refractivity contribution in [2.24, 2.45) is 5.92 Å². The van der Waals surface area contributed by atoms with Crippen molar-refractivity contribution in [3.05, 3.63) is 29.8 Å². The lowest BCUT2D eigenvalue weighted by Gasteiger charge is -2.21. The first kappa shape index (κ1) is 17.3. The fourth-order valence-corrected chi connectivity index (χ4v) is 3.03. The third-order valence-electron chi connectivity index (χ3n) is 4.41. The third kappa shape index (κ3) is 5.93. The zero-order valence-corrected chi connectivity index (χ0v) is 13.8. The zero-order chi connectivity index (χ0) is 16.5. The minimum absolute atomic E-state index is 0.136. The zero-order valence-electron chi connectivity index (χ0n) is 13.8. The molecule has 2 amide bonds. The summed E-state index contributed by atoms with van der Waals surface area (Å²) in [7, 11) is 1.57. The number of ether oxygens (including phenoxy) is 1. The van der Waals surface area contributed by atoms with Gasteiger partial charge in [0, 0.05) is 12.0 Å². The third-order valence-corrected chi connectivity index (χ3v) is 4.41. The number of amides is 2. The molecule has 1 aliphatic carbocycles. The standard InChI is InChI=1S/C18H26N2O3/c1-23-16-12-10-15(11-13-16)18(22)20-19-17(21)9-5-8-14-6-3-2-4-7-14/h10-14H,2-9H2,1H3,(H,19,21)(H,20,22). The van der Waals surface area contributed by atoms with Crippen LogP contribution in [0.25, 0.3) is 0 Å². The van der Waals surface area contributed by atoms with Gasteiger partial charge in [-0.15, -0.1) is 0 Å². The van der Waals surface area contributed by atoms with Gasteiger partial charge in [-0.2, -0.15) is 0 Å². The average Bonchev–Trinajstić information content (AvgIpc) is 2.60. The monoisotopic (exact) mass is 318 g/mol. The molecule has 0 unspecified atom stereocenters. The predicted molar refractivity (Wildman–Crippen MR) is 89.0 cm³/mol. The van der Waals surface area contributed by atoms with Gasteiger partial charge in [0.1, 0.15) is 5.75 Å². The Morgan fingerprint density at radius 3 is 2.43 bits per heavy atom. The second-order valence-electron chi connectivity index (χ2n) is 6.13. The topological polar surface area (TPSA) is 67.4 Å². The van der Waals surface area contributed by atoms with E-state index in [1.54, 1.807) is 31.4 Å². The average molecular weight is 318 g/mol. The maximum Gasteiger partial charge on any atom is 0.269 e. The van der Waals surface area contributed by atoms with Gasteiger partial charge < -0.3 is 4.74 Å². The lowest BCUT2D eigenvalue weighted by atomic mass is 9.86. The molecule has 0 radical (unpaired) electrons. The van der Waals surface area contributed by atoms with Crippen molar-refractivity contribution >= 4 is 11.8 Å². The van der Waals surface area contributed by atoms with E-state index < -0.39 is 0 Å². The maximum atomic E-state index is 11.9. The van der Waals surface area contributed by atoms with Gasteiger partial charge in [0.2, 0.25) is 5.91 Å². The van der Waals surface area contributed by atoms with Crippen LogP contribution >= 0.6 is 0 Å². The van der Waals surface area contributed by atoms with Crippen LogP contribution in [0.4, 0.5) is 0 Å². The number of methoxy groups -OCH3 is 1. The molecule has 0 bridgehead atoms. The molecular weight excluding hydrogens is 292 g/mol. The van der Waals surface area contributed by atoms with Crippen molar-refractivity contribution in [3.8, 4) is 5.75 Å². The molecule has 1 aliphatic rings. The molecule has 2 N–H and O–H groups in total. The first-order chi connectivity index (χ1) is 11.2. The van der Waals surface area contributed by atoms with E-state index in [0.717, 1.165) is 18.8 Å². The van der Waals surface area contributed by atoms with Crippen LogP contribution in [0.15, 0.2) is 24.3 Å². The van der Waals surface area contributed by atoms with E-state index >= 15 is 0 Å². The quantitative estimate of drug-likeness (QED) is 0.792. The Bertz CT molecular complexity index is 508. The molecule has 126 valence electrons. The predicted octanol–water partition coefficient (Wildman–Crippen LogP) is 3.21. The molecule has 0 saturated heterocycles. The molecule has 1 aromatic rings. The summed E-state index contributed by atoms with van der Waals surface area (Å²) in [5, 5.41) is 0. The number of rotatable bonds is 6. The number of benzene rings is 1. The molecule has 1 fully saturated rings. The van der Waals surface area contributed by atoms with Gasteiger partial charge in [0.15, 0.2) is 0 Å². The van der Waals surface area contributed by atoms with E-state index in [1.807, 2.05) is 0 Å². The highest BCUT2D eigenvalue weighted by atomic mass is 16.5. The molecule has 2 rings (SSSR count). The minimum atomic E-state index is -0.326. The van der Waals surface area contributed by atoms with Crippen molar-refractivity contribution in [2.75, 3.05) is 7.11 Å². The Labute approximate surface area is 137 Å². The Hall–Kier alpha value is -2.04. The fourth-order valence-electron chi connectivity index (χ4n) is 3.03. The summed E-state index contributed by atoms with van der Waals surface area (Å²) in [5.74, 6) is 1.01. The number of hydrazine groups is 1. The van der Waals surface area contributed by atoms with Crippen molar-refractivity contribution < 1.29 is 14.3 Å². The molecule has 0 spiro atoms. The Balaban J connectivity index is 1.63. The molecule has 0 heterocycles. The van der Waals surface area contributed by atoms with Crippen LogP contribution in [0.3, 0.4) is 0 Å². The van der Waals surface area contributed by atoms with Gasteiger partial charge in [-0.1, -0.05) is 32.1 Å². The summed E-state index contributed by atoms with van der Waals surface area (Å²) in [4.78, 5) is 23.7. The van der Waals surface area contributed by atoms with Gasteiger partial charge in [-0.05, 0) is 43.0 Å². The molecule has 5 heteroatoms. The second kappa shape index (κ2) is 9.18. The van der Waals surface area contributed by atoms with E-state index in [9.17, 15) is 9.59 Å². The molecule has 0 aromatic heterocycles. The highest BCUT2D eigenvalue weighted by molar-refractivity contribution is 5.95. The summed E-state index contributed by atoms with van der Waals surface area (Å²) < 4.78 is 5.04. The van der Waals surface area contributed by atoms with E-state index in [1.165, 1.54) is 32.1 Å². The lowest BCUT2D eigenvalue weighted by molar-refractivity contribution is -0.122. The van der Waals surface area contributed by atoms with Gasteiger partial charge in [-0.25, -0.2) is 0 Å². The van der Waals surface area contributed by atoms with Crippen LogP contribution in [0.2, 0.25) is 0 Å². The summed E-state index contributed by atoms with van der Waals surface area (Å²) in [6, 6.07) is 6.73. The minimum Gasteiger partial charge on any atom is -0.497 e. The van der Waals surface area contributed by atoms with Crippen molar-refractivity contribution in [3.63, 3.8) is 0 Å². The number of carbonyl (C=O) groups is 2. The van der Waals surface area contributed by atoms with Crippen LogP contribution in [0, 0.1) is 5.92 Å². The van der Waals surface area contributed by atoms with Gasteiger partial charge >= 0.3 is 0 Å². The summed E-state index contributed by atoms with van der Waals surface area (Å²) in [5.41, 5.74) is 5.40. The molecule has 0 atom stereocenters. The van der Waals surface area contributed by atoms with Crippen LogP contribution in [0.5, 0.6) is 5.75 Å². The molecule has 1 saturated carbocycles. The largest absolute Gasteiger partial charge is 0.497 e. The highest BCUT2D eigenvalue weighted by Crippen LogP contribution is 2.27. The summed E-state index contributed by atoms with van der Waals surface area (Å²) in [6.07, 6.45) is 9.07. The Morgan fingerprint density at radius 2 is 1.78 bits per heavy atom. The Morgan fingerprint density at radius 1 is 1.09 bits per heavy atom. The number of carbonyl (C=O) groups excluding carboxylic acids is 2. The van der Waals surface area contributed by atoms with Gasteiger partial charge in [0.25, 0.3) is 5.91 Å². The van der Waals surface area contributed by atoms with Gasteiger partial charge in [-0.3, -0.25) is 20.4 Å². The lowest BCUT2D eigenvalue weighted by Crippen LogP contribution is -2.41. The second-order valence-corrected chi connectivity index (χ2v) is 6.13. The molecule has 5 nitrogen and oxygen atoms in total. The molecule has 1 aromatic carbocycles. The van der Waals surface area contributed by atoms with Crippen LogP contribution < -0.4 is 15.6 Å². The maximum absolute atomic E-state index is 11.9. The van der Waals surface area contributed by atoms with Crippen molar-refractivity contribution in [1.82, 2.24) is 10.9 Å². The number of nitrogens with one attached hydrogen (secondary N) is 2. The van der Waals surface area contributed by atoms with E-state index in [-0.39, 0.29) is 11.8 Å². The van der Waals surface area contributed by atoms with Gasteiger partial charge in [0.05, 0.1) is 7.11 Å². The van der Waals surface area contributed by atoms with E-state index in [0.29, 0.717) is 17.7 Å². The fraction of sp³-hybridized carbons (Fsp3) is 0.556. The molecular formula is C18H26N2O3. The normalized spacial score (nSPS) is 15.0. The van der Waals surface area contributed by atoms with E-state index in [2.05, 4.69) is 10.9 Å². The smallest absolute Gasteiger partial charge is 0.269 e. The number of hydrogen-bond acceptors (Lipinski definition) is 3. The summed E-state index contributed by atoms with van der Waals surface area (Å²) in [6.45, 7) is 0. The SMILES string of the molecule is COc1ccc(C(=O)NNC(=O)CCCC2CCCCC2)cc1. The van der Waals surface area contributed by atoms with Crippen LogP contribution in [0.1, 0.15) is 61.7 Å². The van der Waals surface area contributed by atoms with E-state index in [4.69, 9.17) is 4.74 Å². The summed E-state index contributed by atoms with van der Waals surface area (Å²) >= 11 is 0. The first-order valence-corrected chi connectivity index (χ1v) is 8.42. The van der Waals surface area contributed by atoms with Crippen molar-refractivity contribution in [2.45, 2.75) is 51.4 Å². The number of hydrogen-bond donors (Lipinski definition) is 2. The first-order valence-electron chi connectivity index (χ1n) is 8.42. The van der Waals surface area contributed by atoms with Crippen LogP contribution in [-0.4, -0.2) is 18.9 Å². The van der Waals surface area contributed by atoms with Crippen LogP contribution in [-0.2, 0) is 4.79 Å². The highest BCUT2D eigenvalue weighted by Gasteiger charge is 2.14. The Kier molecular flexibility index (Phi) is 6.91. The van der Waals surface area contributed by atoms with Crippen molar-refractivity contribution in [1.29, 1.82) is 0 Å².